The van der Waals surface area contributed by atoms with Crippen LogP contribution in [0.2, 0.25) is 0 Å². The van der Waals surface area contributed by atoms with Crippen LogP contribution in [0.3, 0.4) is 0 Å². The van der Waals surface area contributed by atoms with Gasteiger partial charge in [-0.1, -0.05) is 0 Å². The van der Waals surface area contributed by atoms with Crippen LogP contribution in [0.5, 0.6) is 0 Å². The van der Waals surface area contributed by atoms with E-state index in [-0.39, 0.29) is 0 Å². The van der Waals surface area contributed by atoms with Gasteiger partial charge in [0.25, 0.3) is 0 Å². The molecule has 0 aliphatic carbocycles. The second-order valence-corrected chi connectivity index (χ2v) is 3.46. The van der Waals surface area contributed by atoms with E-state index in [1.807, 2.05) is 17.9 Å². The molecule has 1 aromatic rings. The van der Waals surface area contributed by atoms with Crippen LogP contribution in [-0.2, 0) is 4.74 Å². The Morgan fingerprint density at radius 3 is 3.00 bits per heavy atom. The molecule has 0 radical (unpaired) electrons. The van der Waals surface area contributed by atoms with Gasteiger partial charge in [0, 0.05) is 17.8 Å². The van der Waals surface area contributed by atoms with E-state index in [0.717, 1.165) is 13.2 Å². The van der Waals surface area contributed by atoms with Crippen molar-refractivity contribution in [3.05, 3.63) is 18.0 Å². The summed E-state index contributed by atoms with van der Waals surface area (Å²) in [6, 6.07) is 0.826. The lowest BCUT2D eigenvalue weighted by atomic mass is 10.2. The van der Waals surface area contributed by atoms with Gasteiger partial charge in [-0.3, -0.25) is 4.68 Å². The molecule has 1 aliphatic rings. The molecule has 72 valence electrons. The fraction of sp³-hybridized carbons (Fsp3) is 0.667. The lowest BCUT2D eigenvalue weighted by Crippen LogP contribution is -2.30. The molecule has 0 amide bonds. The summed E-state index contributed by atoms with van der Waals surface area (Å²) in [5, 5.41) is 7.49. The van der Waals surface area contributed by atoms with Crippen molar-refractivity contribution in [2.75, 3.05) is 20.3 Å². The summed E-state index contributed by atoms with van der Waals surface area (Å²) in [5.74, 6) is 0. The van der Waals surface area contributed by atoms with E-state index >= 15 is 0 Å². The van der Waals surface area contributed by atoms with Crippen LogP contribution in [0, 0.1) is 0 Å². The summed E-state index contributed by atoms with van der Waals surface area (Å²) in [4.78, 5) is 0. The summed E-state index contributed by atoms with van der Waals surface area (Å²) < 4.78 is 7.10. The average molecular weight is 181 g/mol. The number of hydrogen-bond acceptors (Lipinski definition) is 3. The van der Waals surface area contributed by atoms with Gasteiger partial charge in [0.05, 0.1) is 25.5 Å². The van der Waals surface area contributed by atoms with Crippen molar-refractivity contribution < 1.29 is 4.74 Å². The van der Waals surface area contributed by atoms with E-state index in [1.165, 1.54) is 5.56 Å². The van der Waals surface area contributed by atoms with E-state index in [4.69, 9.17) is 4.74 Å². The molecule has 13 heavy (non-hydrogen) atoms. The number of hydrogen-bond donors (Lipinski definition) is 1. The second-order valence-electron chi connectivity index (χ2n) is 3.46. The van der Waals surface area contributed by atoms with Gasteiger partial charge < -0.3 is 10.1 Å². The zero-order chi connectivity index (χ0) is 9.26. The van der Waals surface area contributed by atoms with Crippen molar-refractivity contribution in [3.8, 4) is 0 Å². The molecule has 4 heteroatoms. The second kappa shape index (κ2) is 3.47. The van der Waals surface area contributed by atoms with Gasteiger partial charge in [0.15, 0.2) is 0 Å². The molecular formula is C9H15N3O. The zero-order valence-corrected chi connectivity index (χ0v) is 8.03. The first-order chi connectivity index (χ1) is 6.31. The zero-order valence-electron chi connectivity index (χ0n) is 8.03. The van der Waals surface area contributed by atoms with Gasteiger partial charge in [0.2, 0.25) is 0 Å². The number of aromatic nitrogens is 2. The van der Waals surface area contributed by atoms with Crippen LogP contribution in [0.1, 0.15) is 24.6 Å². The summed E-state index contributed by atoms with van der Waals surface area (Å²) in [6.07, 6.45) is 4.01. The van der Waals surface area contributed by atoms with E-state index in [2.05, 4.69) is 23.5 Å². The molecule has 2 heterocycles. The van der Waals surface area contributed by atoms with Gasteiger partial charge in [-0.2, -0.15) is 5.10 Å². The van der Waals surface area contributed by atoms with E-state index in [1.54, 1.807) is 0 Å². The molecule has 1 unspecified atom stereocenters. The Morgan fingerprint density at radius 1 is 1.69 bits per heavy atom. The van der Waals surface area contributed by atoms with Crippen molar-refractivity contribution >= 4 is 0 Å². The Morgan fingerprint density at radius 2 is 2.46 bits per heavy atom. The Labute approximate surface area is 77.9 Å². The number of rotatable bonds is 3. The summed E-state index contributed by atoms with van der Waals surface area (Å²) in [7, 11) is 1.95. The molecule has 0 spiro atoms. The van der Waals surface area contributed by atoms with Crippen LogP contribution < -0.4 is 5.32 Å². The molecule has 0 aromatic carbocycles. The minimum absolute atomic E-state index is 0.370. The minimum Gasteiger partial charge on any atom is -0.377 e. The highest BCUT2D eigenvalue weighted by Gasteiger charge is 2.21. The molecule has 0 bridgehead atoms. The maximum Gasteiger partial charge on any atom is 0.0985 e. The van der Waals surface area contributed by atoms with Crippen molar-refractivity contribution in [2.45, 2.75) is 19.0 Å². The molecule has 4 nitrogen and oxygen atoms in total. The molecule has 1 aliphatic heterocycles. The smallest absolute Gasteiger partial charge is 0.0985 e. The first-order valence-electron chi connectivity index (χ1n) is 4.60. The van der Waals surface area contributed by atoms with Crippen LogP contribution in [-0.4, -0.2) is 30.0 Å². The van der Waals surface area contributed by atoms with Gasteiger partial charge in [-0.05, 0) is 14.0 Å². The average Bonchev–Trinajstić information content (AvgIpc) is 2.49. The molecule has 1 atom stereocenters. The van der Waals surface area contributed by atoms with E-state index in [9.17, 15) is 0 Å². The quantitative estimate of drug-likeness (QED) is 0.747. The van der Waals surface area contributed by atoms with E-state index < -0.39 is 0 Å². The Balaban J connectivity index is 2.08. The lowest BCUT2D eigenvalue weighted by Gasteiger charge is -2.26. The van der Waals surface area contributed by atoms with Gasteiger partial charge in [0.1, 0.15) is 0 Å². The minimum atomic E-state index is 0.370. The highest BCUT2D eigenvalue weighted by Crippen LogP contribution is 2.18. The maximum atomic E-state index is 5.11. The Bertz CT molecular complexity index is 261. The Hall–Kier alpha value is -0.870. The monoisotopic (exact) mass is 181 g/mol. The van der Waals surface area contributed by atoms with Crippen molar-refractivity contribution in [3.63, 3.8) is 0 Å². The first-order valence-corrected chi connectivity index (χ1v) is 4.60. The summed E-state index contributed by atoms with van der Waals surface area (Å²) in [5.41, 5.74) is 1.23. The maximum absolute atomic E-state index is 5.11. The number of ether oxygens (including phenoxy) is 1. The third-order valence-corrected chi connectivity index (χ3v) is 2.55. The van der Waals surface area contributed by atoms with Gasteiger partial charge in [-0.25, -0.2) is 0 Å². The van der Waals surface area contributed by atoms with Crippen molar-refractivity contribution in [2.24, 2.45) is 0 Å². The molecule has 0 saturated carbocycles. The third-order valence-electron chi connectivity index (χ3n) is 2.55. The van der Waals surface area contributed by atoms with Crippen LogP contribution in [0.4, 0.5) is 0 Å². The fourth-order valence-electron chi connectivity index (χ4n) is 1.32. The highest BCUT2D eigenvalue weighted by molar-refractivity contribution is 5.09. The molecule has 2 rings (SSSR count). The fourth-order valence-corrected chi connectivity index (χ4v) is 1.32. The number of nitrogens with one attached hydrogen (secondary N) is 1. The topological polar surface area (TPSA) is 39.1 Å². The first kappa shape index (κ1) is 8.72. The molecule has 1 saturated heterocycles. The molecule has 1 N–H and O–H groups in total. The van der Waals surface area contributed by atoms with Crippen LogP contribution in [0.15, 0.2) is 12.4 Å². The van der Waals surface area contributed by atoms with Crippen LogP contribution in [0.25, 0.3) is 0 Å². The van der Waals surface area contributed by atoms with Crippen LogP contribution >= 0.6 is 0 Å². The standard InChI is InChI=1S/C9H15N3O/c1-7(10-2)8-3-11-12(4-8)9-5-13-6-9/h3-4,7,9-10H,5-6H2,1-2H3. The summed E-state index contributed by atoms with van der Waals surface area (Å²) >= 11 is 0. The largest absolute Gasteiger partial charge is 0.377 e. The van der Waals surface area contributed by atoms with Crippen molar-refractivity contribution in [1.82, 2.24) is 15.1 Å². The van der Waals surface area contributed by atoms with Gasteiger partial charge in [-0.15, -0.1) is 0 Å². The van der Waals surface area contributed by atoms with E-state index in [0.29, 0.717) is 12.1 Å². The SMILES string of the molecule is CNC(C)c1cnn(C2COC2)c1. The lowest BCUT2D eigenvalue weighted by molar-refractivity contribution is -0.0286. The highest BCUT2D eigenvalue weighted by atomic mass is 16.5. The van der Waals surface area contributed by atoms with Gasteiger partial charge >= 0.3 is 0 Å². The normalized spacial score (nSPS) is 19.8. The Kier molecular flexibility index (Phi) is 2.33. The summed E-state index contributed by atoms with van der Waals surface area (Å²) in [6.45, 7) is 3.72. The number of nitrogens with zero attached hydrogens (tertiary/aromatic N) is 2. The molecular weight excluding hydrogens is 166 g/mol. The molecule has 1 aromatic heterocycles. The predicted molar refractivity (Wildman–Crippen MR) is 49.6 cm³/mol. The van der Waals surface area contributed by atoms with Crippen molar-refractivity contribution in [1.29, 1.82) is 0 Å². The third kappa shape index (κ3) is 1.59. The predicted octanol–water partition coefficient (Wildman–Crippen LogP) is 0.735. The molecule has 1 fully saturated rings.